The first-order chi connectivity index (χ1) is 6.36. The van der Waals surface area contributed by atoms with Crippen LogP contribution in [0.4, 0.5) is 9.59 Å². The van der Waals surface area contributed by atoms with Crippen molar-refractivity contribution in [3.05, 3.63) is 0 Å². The summed E-state index contributed by atoms with van der Waals surface area (Å²) in [6, 6.07) is -2.22. The third-order valence-electron chi connectivity index (χ3n) is 1.39. The molecule has 9 heteroatoms. The molecule has 76 valence electrons. The van der Waals surface area contributed by atoms with Gasteiger partial charge in [0.25, 0.3) is 5.72 Å². The van der Waals surface area contributed by atoms with Crippen LogP contribution >= 0.6 is 0 Å². The molecule has 1 aliphatic heterocycles. The summed E-state index contributed by atoms with van der Waals surface area (Å²) < 4.78 is 0. The number of hydrogen-bond acceptors (Lipinski definition) is 4. The summed E-state index contributed by atoms with van der Waals surface area (Å²) in [6.45, 7) is 0. The second-order valence-electron chi connectivity index (χ2n) is 2.40. The van der Waals surface area contributed by atoms with E-state index in [1.165, 1.54) is 0 Å². The molecule has 0 fully saturated rings. The molecule has 0 aromatic heterocycles. The number of hydrogen-bond donors (Lipinski definition) is 5. The Hall–Kier alpha value is -2.16. The molecule has 0 bridgehead atoms. The summed E-state index contributed by atoms with van der Waals surface area (Å²) in [5.41, 5.74) is 1.93. The van der Waals surface area contributed by atoms with Crippen LogP contribution in [0.5, 0.6) is 0 Å². The van der Waals surface area contributed by atoms with Gasteiger partial charge in [-0.2, -0.15) is 4.99 Å². The molecule has 1 aliphatic rings. The molecule has 0 aliphatic carbocycles. The predicted octanol–water partition coefficient (Wildman–Crippen LogP) is -2.45. The molecule has 9 nitrogen and oxygen atoms in total. The Morgan fingerprint density at radius 1 is 1.57 bits per heavy atom. The monoisotopic (exact) mass is 202 g/mol. The number of urea groups is 2. The first kappa shape index (κ1) is 9.92. The summed E-state index contributed by atoms with van der Waals surface area (Å²) >= 11 is 0. The molecule has 4 amide bonds. The molecular weight excluding hydrogens is 196 g/mol. The highest BCUT2D eigenvalue weighted by atomic mass is 16.4. The maximum Gasteiger partial charge on any atom is 0.365 e. The molecule has 0 aromatic carbocycles. The Morgan fingerprint density at radius 2 is 2.14 bits per heavy atom. The molecule has 0 saturated carbocycles. The van der Waals surface area contributed by atoms with Gasteiger partial charge in [-0.05, 0) is 0 Å². The highest BCUT2D eigenvalue weighted by Gasteiger charge is 2.49. The minimum atomic E-state index is -2.73. The number of aliphatic imine (C=N–C) groups is 1. The van der Waals surface area contributed by atoms with Gasteiger partial charge in [-0.3, -0.25) is 10.6 Å². The molecule has 1 rings (SSSR count). The van der Waals surface area contributed by atoms with Crippen LogP contribution in [-0.4, -0.2) is 39.8 Å². The zero-order valence-electron chi connectivity index (χ0n) is 6.64. The number of nitrogens with zero attached hydrogens (tertiary/aromatic N) is 1. The number of nitrogens with one attached hydrogen (secondary N) is 2. The molecule has 0 aromatic rings. The smallest absolute Gasteiger partial charge is 0.365 e. The lowest BCUT2D eigenvalue weighted by atomic mass is 10.2. The largest absolute Gasteiger partial charge is 0.477 e. The zero-order valence-corrected chi connectivity index (χ0v) is 6.64. The first-order valence-corrected chi connectivity index (χ1v) is 3.30. The highest BCUT2D eigenvalue weighted by Crippen LogP contribution is 2.09. The van der Waals surface area contributed by atoms with Crippen LogP contribution in [0.1, 0.15) is 0 Å². The van der Waals surface area contributed by atoms with Crippen molar-refractivity contribution < 1.29 is 24.6 Å². The predicted molar refractivity (Wildman–Crippen MR) is 41.3 cm³/mol. The van der Waals surface area contributed by atoms with Crippen LogP contribution < -0.4 is 16.4 Å². The van der Waals surface area contributed by atoms with Crippen LogP contribution in [0.15, 0.2) is 4.99 Å². The average molecular weight is 202 g/mol. The Labute approximate surface area is 76.6 Å². The minimum Gasteiger partial charge on any atom is -0.477 e. The Bertz CT molecular complexity index is 350. The maximum absolute atomic E-state index is 10.6. The van der Waals surface area contributed by atoms with E-state index in [1.807, 2.05) is 0 Å². The van der Waals surface area contributed by atoms with Crippen molar-refractivity contribution in [3.8, 4) is 0 Å². The fourth-order valence-electron chi connectivity index (χ4n) is 0.814. The van der Waals surface area contributed by atoms with Crippen LogP contribution in [0.2, 0.25) is 0 Å². The van der Waals surface area contributed by atoms with Crippen LogP contribution in [0.25, 0.3) is 0 Å². The van der Waals surface area contributed by atoms with Crippen LogP contribution in [0.3, 0.4) is 0 Å². The summed E-state index contributed by atoms with van der Waals surface area (Å²) in [6.07, 6.45) is 0. The van der Waals surface area contributed by atoms with Gasteiger partial charge in [0.1, 0.15) is 0 Å². The fourth-order valence-corrected chi connectivity index (χ4v) is 0.814. The SMILES string of the molecule is NC(=O)NC1=NC(=O)N[C@@]1(O)C(=O)O. The molecule has 6 N–H and O–H groups in total. The second-order valence-corrected chi connectivity index (χ2v) is 2.40. The van der Waals surface area contributed by atoms with Gasteiger partial charge in [0.15, 0.2) is 5.84 Å². The molecule has 0 unspecified atom stereocenters. The van der Waals surface area contributed by atoms with Gasteiger partial charge in [-0.25, -0.2) is 14.4 Å². The van der Waals surface area contributed by atoms with E-state index in [1.54, 1.807) is 10.6 Å². The van der Waals surface area contributed by atoms with Crippen LogP contribution in [0, 0.1) is 0 Å². The van der Waals surface area contributed by atoms with Gasteiger partial charge in [-0.15, -0.1) is 0 Å². The lowest BCUT2D eigenvalue weighted by Gasteiger charge is -2.18. The van der Waals surface area contributed by atoms with Crippen molar-refractivity contribution in [2.24, 2.45) is 10.7 Å². The molecule has 1 atom stereocenters. The number of aliphatic hydroxyl groups is 1. The number of nitrogens with two attached hydrogens (primary N) is 1. The Balaban J connectivity index is 3.00. The van der Waals surface area contributed by atoms with E-state index < -0.39 is 29.6 Å². The first-order valence-electron chi connectivity index (χ1n) is 3.30. The number of aliphatic carboxylic acids is 1. The average Bonchev–Trinajstić information content (AvgIpc) is 2.26. The standard InChI is InChI=1S/C5H6N4O5/c6-3(12)7-1-5(14,2(10)11)9-4(13)8-1/h14H,(H,10,11)(H4,6,7,8,9,12,13)/t5-/m0/s1. The summed E-state index contributed by atoms with van der Waals surface area (Å²) in [5, 5.41) is 21.2. The molecule has 0 radical (unpaired) electrons. The summed E-state index contributed by atoms with van der Waals surface area (Å²) in [4.78, 5) is 34.6. The zero-order chi connectivity index (χ0) is 10.9. The van der Waals surface area contributed by atoms with E-state index in [4.69, 9.17) is 5.11 Å². The van der Waals surface area contributed by atoms with Crippen LogP contribution in [-0.2, 0) is 4.79 Å². The number of amides is 4. The van der Waals surface area contributed by atoms with E-state index in [-0.39, 0.29) is 0 Å². The number of rotatable bonds is 1. The Morgan fingerprint density at radius 3 is 2.57 bits per heavy atom. The third kappa shape index (κ3) is 1.47. The number of amidine groups is 1. The number of carbonyl (C=O) groups is 3. The molecule has 14 heavy (non-hydrogen) atoms. The van der Waals surface area contributed by atoms with Gasteiger partial charge in [0, 0.05) is 0 Å². The summed E-state index contributed by atoms with van der Waals surface area (Å²) in [5.74, 6) is -2.54. The van der Waals surface area contributed by atoms with Crippen molar-refractivity contribution in [2.75, 3.05) is 0 Å². The lowest BCUT2D eigenvalue weighted by Crippen LogP contribution is -2.60. The highest BCUT2D eigenvalue weighted by molar-refractivity contribution is 6.20. The normalized spacial score (nSPS) is 25.2. The molecule has 0 spiro atoms. The van der Waals surface area contributed by atoms with Gasteiger partial charge >= 0.3 is 18.0 Å². The van der Waals surface area contributed by atoms with E-state index >= 15 is 0 Å². The van der Waals surface area contributed by atoms with E-state index in [0.29, 0.717) is 0 Å². The second kappa shape index (κ2) is 2.96. The number of carbonyl (C=O) groups excluding carboxylic acids is 2. The number of carboxylic acids is 1. The molecular formula is C5H6N4O5. The van der Waals surface area contributed by atoms with Crippen molar-refractivity contribution in [2.45, 2.75) is 5.72 Å². The van der Waals surface area contributed by atoms with Crippen molar-refractivity contribution in [1.29, 1.82) is 0 Å². The maximum atomic E-state index is 10.6. The van der Waals surface area contributed by atoms with E-state index in [0.717, 1.165) is 0 Å². The molecule has 1 heterocycles. The van der Waals surface area contributed by atoms with Crippen molar-refractivity contribution in [3.63, 3.8) is 0 Å². The van der Waals surface area contributed by atoms with Crippen molar-refractivity contribution >= 4 is 23.9 Å². The minimum absolute atomic E-state index is 0.762. The van der Waals surface area contributed by atoms with Gasteiger partial charge in [-0.1, -0.05) is 0 Å². The number of primary amides is 1. The fraction of sp³-hybridized carbons (Fsp3) is 0.200. The van der Waals surface area contributed by atoms with Crippen molar-refractivity contribution in [1.82, 2.24) is 10.6 Å². The Kier molecular flexibility index (Phi) is 2.10. The summed E-state index contributed by atoms with van der Waals surface area (Å²) in [7, 11) is 0. The van der Waals surface area contributed by atoms with Gasteiger partial charge < -0.3 is 15.9 Å². The third-order valence-corrected chi connectivity index (χ3v) is 1.39. The van der Waals surface area contributed by atoms with E-state index in [9.17, 15) is 19.5 Å². The van der Waals surface area contributed by atoms with E-state index in [2.05, 4.69) is 10.7 Å². The topological polar surface area (TPSA) is 154 Å². The molecule has 0 saturated heterocycles. The van der Waals surface area contributed by atoms with Gasteiger partial charge in [0.05, 0.1) is 0 Å². The van der Waals surface area contributed by atoms with Gasteiger partial charge in [0.2, 0.25) is 0 Å². The number of carboxylic acid groups (broad SMARTS) is 1. The quantitative estimate of drug-likeness (QED) is 0.319. The lowest BCUT2D eigenvalue weighted by molar-refractivity contribution is -0.152.